The van der Waals surface area contributed by atoms with Crippen LogP contribution in [0, 0.1) is 12.7 Å². The second-order valence-electron chi connectivity index (χ2n) is 4.76. The molecule has 0 bridgehead atoms. The molecule has 0 spiro atoms. The SMILES string of the molecule is Cc1ccc(C(Sc2ccc(F)cc2)C(C)N)cc1. The van der Waals surface area contributed by atoms with Crippen molar-refractivity contribution in [3.8, 4) is 0 Å². The molecule has 0 radical (unpaired) electrons. The van der Waals surface area contributed by atoms with Crippen molar-refractivity contribution in [3.63, 3.8) is 0 Å². The Kier molecular flexibility index (Phi) is 4.61. The van der Waals surface area contributed by atoms with Gasteiger partial charge in [0.2, 0.25) is 0 Å². The normalized spacial score (nSPS) is 14.1. The zero-order valence-electron chi connectivity index (χ0n) is 11.1. The van der Waals surface area contributed by atoms with Crippen LogP contribution in [0.4, 0.5) is 4.39 Å². The van der Waals surface area contributed by atoms with E-state index < -0.39 is 0 Å². The van der Waals surface area contributed by atoms with Crippen LogP contribution in [-0.2, 0) is 0 Å². The molecule has 0 saturated heterocycles. The van der Waals surface area contributed by atoms with E-state index in [0.29, 0.717) is 0 Å². The highest BCUT2D eigenvalue weighted by Crippen LogP contribution is 2.37. The number of nitrogens with two attached hydrogens (primary N) is 1. The van der Waals surface area contributed by atoms with E-state index in [0.717, 1.165) is 4.90 Å². The molecule has 100 valence electrons. The highest BCUT2D eigenvalue weighted by molar-refractivity contribution is 7.99. The smallest absolute Gasteiger partial charge is 0.123 e. The van der Waals surface area contributed by atoms with Gasteiger partial charge in [0.15, 0.2) is 0 Å². The highest BCUT2D eigenvalue weighted by atomic mass is 32.2. The number of thioether (sulfide) groups is 1. The molecule has 0 saturated carbocycles. The maximum atomic E-state index is 12.9. The van der Waals surface area contributed by atoms with Gasteiger partial charge in [-0.25, -0.2) is 4.39 Å². The van der Waals surface area contributed by atoms with Crippen LogP contribution in [0.25, 0.3) is 0 Å². The Balaban J connectivity index is 2.21. The van der Waals surface area contributed by atoms with Gasteiger partial charge in [-0.1, -0.05) is 29.8 Å². The zero-order valence-corrected chi connectivity index (χ0v) is 12.0. The standard InChI is InChI=1S/C16H18FNS/c1-11-3-5-13(6-4-11)16(12(2)18)19-15-9-7-14(17)8-10-15/h3-10,12,16H,18H2,1-2H3. The maximum absolute atomic E-state index is 12.9. The summed E-state index contributed by atoms with van der Waals surface area (Å²) in [5.41, 5.74) is 8.53. The Bertz CT molecular complexity index is 519. The van der Waals surface area contributed by atoms with E-state index in [9.17, 15) is 4.39 Å². The van der Waals surface area contributed by atoms with Crippen LogP contribution < -0.4 is 5.73 Å². The average Bonchev–Trinajstić information content (AvgIpc) is 2.39. The first kappa shape index (κ1) is 14.1. The molecule has 0 aliphatic heterocycles. The Morgan fingerprint density at radius 2 is 1.58 bits per heavy atom. The molecule has 2 rings (SSSR count). The Morgan fingerprint density at radius 1 is 1.00 bits per heavy atom. The maximum Gasteiger partial charge on any atom is 0.123 e. The third kappa shape index (κ3) is 3.82. The van der Waals surface area contributed by atoms with Crippen molar-refractivity contribution in [2.24, 2.45) is 5.73 Å². The summed E-state index contributed by atoms with van der Waals surface area (Å²) in [5.74, 6) is -0.211. The second kappa shape index (κ2) is 6.22. The predicted molar refractivity (Wildman–Crippen MR) is 79.8 cm³/mol. The summed E-state index contributed by atoms with van der Waals surface area (Å²) >= 11 is 1.67. The van der Waals surface area contributed by atoms with Gasteiger partial charge in [-0.05, 0) is 43.7 Å². The molecule has 3 heteroatoms. The van der Waals surface area contributed by atoms with Gasteiger partial charge in [-0.2, -0.15) is 0 Å². The third-order valence-electron chi connectivity index (χ3n) is 2.96. The van der Waals surface area contributed by atoms with Gasteiger partial charge in [0.05, 0.1) is 0 Å². The second-order valence-corrected chi connectivity index (χ2v) is 5.98. The molecule has 1 nitrogen and oxygen atoms in total. The van der Waals surface area contributed by atoms with Crippen molar-refractivity contribution in [1.29, 1.82) is 0 Å². The summed E-state index contributed by atoms with van der Waals surface area (Å²) in [6.45, 7) is 4.07. The molecule has 0 amide bonds. The molecule has 0 aliphatic rings. The van der Waals surface area contributed by atoms with Crippen molar-refractivity contribution in [3.05, 3.63) is 65.5 Å². The number of aryl methyl sites for hydroxylation is 1. The fourth-order valence-electron chi connectivity index (χ4n) is 1.89. The van der Waals surface area contributed by atoms with Crippen LogP contribution in [0.1, 0.15) is 23.3 Å². The highest BCUT2D eigenvalue weighted by Gasteiger charge is 2.17. The molecule has 0 aromatic heterocycles. The van der Waals surface area contributed by atoms with Gasteiger partial charge in [-0.15, -0.1) is 11.8 Å². The van der Waals surface area contributed by atoms with Crippen molar-refractivity contribution >= 4 is 11.8 Å². The first-order valence-electron chi connectivity index (χ1n) is 6.30. The third-order valence-corrected chi connectivity index (χ3v) is 4.46. The summed E-state index contributed by atoms with van der Waals surface area (Å²) in [6.07, 6.45) is 0. The lowest BCUT2D eigenvalue weighted by Crippen LogP contribution is -2.22. The summed E-state index contributed by atoms with van der Waals surface area (Å²) in [5, 5.41) is 0.172. The molecule has 0 aliphatic carbocycles. The lowest BCUT2D eigenvalue weighted by molar-refractivity contribution is 0.626. The van der Waals surface area contributed by atoms with E-state index in [-0.39, 0.29) is 17.1 Å². The molecule has 2 unspecified atom stereocenters. The van der Waals surface area contributed by atoms with Crippen LogP contribution in [0.15, 0.2) is 53.4 Å². The van der Waals surface area contributed by atoms with Crippen LogP contribution in [0.2, 0.25) is 0 Å². The minimum Gasteiger partial charge on any atom is -0.327 e. The number of hydrogen-bond donors (Lipinski definition) is 1. The number of rotatable bonds is 4. The summed E-state index contributed by atoms with van der Waals surface area (Å²) in [6, 6.07) is 15.0. The van der Waals surface area contributed by atoms with E-state index in [4.69, 9.17) is 5.73 Å². The van der Waals surface area contributed by atoms with E-state index in [1.165, 1.54) is 23.3 Å². The minimum atomic E-state index is -0.211. The van der Waals surface area contributed by atoms with E-state index in [1.54, 1.807) is 23.9 Å². The summed E-state index contributed by atoms with van der Waals surface area (Å²) in [4.78, 5) is 1.03. The molecule has 2 aromatic rings. The zero-order chi connectivity index (χ0) is 13.8. The quantitative estimate of drug-likeness (QED) is 0.841. The molecular weight excluding hydrogens is 257 g/mol. The molecule has 0 fully saturated rings. The fourth-order valence-corrected chi connectivity index (χ4v) is 2.99. The summed E-state index contributed by atoms with van der Waals surface area (Å²) in [7, 11) is 0. The lowest BCUT2D eigenvalue weighted by Gasteiger charge is -2.21. The molecule has 2 aromatic carbocycles. The Labute approximate surface area is 118 Å². The van der Waals surface area contributed by atoms with Crippen LogP contribution >= 0.6 is 11.8 Å². The van der Waals surface area contributed by atoms with Crippen molar-refractivity contribution < 1.29 is 4.39 Å². The van der Waals surface area contributed by atoms with Gasteiger partial charge in [-0.3, -0.25) is 0 Å². The Hall–Kier alpha value is -1.32. The largest absolute Gasteiger partial charge is 0.327 e. The number of halogens is 1. The average molecular weight is 275 g/mol. The van der Waals surface area contributed by atoms with Gasteiger partial charge in [0.25, 0.3) is 0 Å². The first-order valence-corrected chi connectivity index (χ1v) is 7.18. The van der Waals surface area contributed by atoms with Crippen LogP contribution in [-0.4, -0.2) is 6.04 Å². The van der Waals surface area contributed by atoms with E-state index in [1.807, 2.05) is 6.92 Å². The first-order chi connectivity index (χ1) is 9.06. The van der Waals surface area contributed by atoms with Crippen molar-refractivity contribution in [2.75, 3.05) is 0 Å². The van der Waals surface area contributed by atoms with Crippen LogP contribution in [0.3, 0.4) is 0 Å². The minimum absolute atomic E-state index is 0.0257. The van der Waals surface area contributed by atoms with Crippen molar-refractivity contribution in [2.45, 2.75) is 30.0 Å². The van der Waals surface area contributed by atoms with Gasteiger partial charge >= 0.3 is 0 Å². The fraction of sp³-hybridized carbons (Fsp3) is 0.250. The van der Waals surface area contributed by atoms with Crippen LogP contribution in [0.5, 0.6) is 0 Å². The van der Waals surface area contributed by atoms with E-state index >= 15 is 0 Å². The topological polar surface area (TPSA) is 26.0 Å². The lowest BCUT2D eigenvalue weighted by atomic mass is 10.1. The monoisotopic (exact) mass is 275 g/mol. The van der Waals surface area contributed by atoms with Gasteiger partial charge in [0.1, 0.15) is 5.82 Å². The van der Waals surface area contributed by atoms with Gasteiger partial charge < -0.3 is 5.73 Å². The molecule has 2 N–H and O–H groups in total. The molecule has 19 heavy (non-hydrogen) atoms. The Morgan fingerprint density at radius 3 is 2.11 bits per heavy atom. The molecule has 2 atom stereocenters. The predicted octanol–water partition coefficient (Wildman–Crippen LogP) is 4.31. The molecule has 0 heterocycles. The van der Waals surface area contributed by atoms with Gasteiger partial charge in [0, 0.05) is 16.2 Å². The van der Waals surface area contributed by atoms with E-state index in [2.05, 4.69) is 31.2 Å². The van der Waals surface area contributed by atoms with Crippen molar-refractivity contribution in [1.82, 2.24) is 0 Å². The number of benzene rings is 2. The summed E-state index contributed by atoms with van der Waals surface area (Å²) < 4.78 is 12.9. The molecular formula is C16H18FNS. The number of hydrogen-bond acceptors (Lipinski definition) is 2.